The van der Waals surface area contributed by atoms with Gasteiger partial charge in [0, 0.05) is 0 Å². The largest absolute Gasteiger partial charge is 0.508 e. The maximum absolute atomic E-state index is 12.8. The molecule has 27 heavy (non-hydrogen) atoms. The molecule has 2 aliphatic rings. The first-order valence-electron chi connectivity index (χ1n) is 9.75. The number of ether oxygens (including phenoxy) is 3. The van der Waals surface area contributed by atoms with Gasteiger partial charge >= 0.3 is 6.16 Å². The predicted octanol–water partition coefficient (Wildman–Crippen LogP) is 4.27. The van der Waals surface area contributed by atoms with E-state index < -0.39 is 12.1 Å². The van der Waals surface area contributed by atoms with E-state index >= 15 is 0 Å². The molecular formula is C22H28O5. The summed E-state index contributed by atoms with van der Waals surface area (Å²) in [5.74, 6) is 0.895. The Balaban J connectivity index is 1.55. The summed E-state index contributed by atoms with van der Waals surface area (Å²) in [5.41, 5.74) is 0.811. The zero-order valence-corrected chi connectivity index (χ0v) is 15.7. The van der Waals surface area contributed by atoms with E-state index in [1.807, 2.05) is 30.3 Å². The number of carbonyl (C=O) groups excluding carboxylic acids is 2. The van der Waals surface area contributed by atoms with Crippen molar-refractivity contribution < 1.29 is 23.8 Å². The van der Waals surface area contributed by atoms with Crippen LogP contribution in [0.3, 0.4) is 0 Å². The van der Waals surface area contributed by atoms with Crippen molar-refractivity contribution in [3.8, 4) is 0 Å². The second-order valence-electron chi connectivity index (χ2n) is 7.54. The van der Waals surface area contributed by atoms with Gasteiger partial charge in [0.15, 0.2) is 5.78 Å². The molecule has 0 N–H and O–H groups in total. The van der Waals surface area contributed by atoms with Crippen molar-refractivity contribution in [2.45, 2.75) is 44.1 Å². The SMILES string of the molecule is C=CCOC(=O)OCC(C(=O)COC1CC2CCC(C2)C1)c1ccccc1. The summed E-state index contributed by atoms with van der Waals surface area (Å²) in [7, 11) is 0. The van der Waals surface area contributed by atoms with Gasteiger partial charge in [0.2, 0.25) is 0 Å². The molecular weight excluding hydrogens is 344 g/mol. The van der Waals surface area contributed by atoms with Gasteiger partial charge < -0.3 is 14.2 Å². The van der Waals surface area contributed by atoms with Gasteiger partial charge in [-0.25, -0.2) is 4.79 Å². The standard InChI is InChI=1S/C22H28O5/c1-2-10-25-22(24)27-14-20(18-6-4-3-5-7-18)21(23)15-26-19-12-16-8-9-17(11-16)13-19/h2-7,16-17,19-20H,1,8-15H2. The third-order valence-corrected chi connectivity index (χ3v) is 5.58. The molecule has 0 aromatic heterocycles. The molecule has 5 heteroatoms. The third-order valence-electron chi connectivity index (χ3n) is 5.58. The Morgan fingerprint density at radius 2 is 1.78 bits per heavy atom. The highest BCUT2D eigenvalue weighted by Gasteiger charge is 2.35. The average Bonchev–Trinajstić information content (AvgIpc) is 3.03. The maximum atomic E-state index is 12.8. The molecule has 3 unspecified atom stereocenters. The van der Waals surface area contributed by atoms with Crippen LogP contribution in [-0.2, 0) is 19.0 Å². The summed E-state index contributed by atoms with van der Waals surface area (Å²) in [6.07, 6.45) is 6.88. The molecule has 5 nitrogen and oxygen atoms in total. The van der Waals surface area contributed by atoms with Crippen LogP contribution in [-0.4, -0.2) is 37.9 Å². The van der Waals surface area contributed by atoms with E-state index in [4.69, 9.17) is 14.2 Å². The van der Waals surface area contributed by atoms with Gasteiger partial charge in [-0.1, -0.05) is 55.8 Å². The van der Waals surface area contributed by atoms with E-state index in [1.165, 1.54) is 25.3 Å². The highest BCUT2D eigenvalue weighted by molar-refractivity contribution is 5.87. The summed E-state index contributed by atoms with van der Waals surface area (Å²) in [5, 5.41) is 0. The fourth-order valence-corrected chi connectivity index (χ4v) is 4.26. The summed E-state index contributed by atoms with van der Waals surface area (Å²) < 4.78 is 15.9. The molecule has 2 aliphatic carbocycles. The minimum atomic E-state index is -0.798. The first kappa shape index (κ1) is 19.6. The van der Waals surface area contributed by atoms with Crippen LogP contribution in [0, 0.1) is 11.8 Å². The van der Waals surface area contributed by atoms with Crippen molar-refractivity contribution in [1.29, 1.82) is 0 Å². The lowest BCUT2D eigenvalue weighted by Crippen LogP contribution is -2.29. The first-order valence-corrected chi connectivity index (χ1v) is 9.75. The Bertz CT molecular complexity index is 629. The molecule has 0 aliphatic heterocycles. The number of ketones is 1. The average molecular weight is 372 g/mol. The van der Waals surface area contributed by atoms with Gasteiger partial charge in [-0.2, -0.15) is 0 Å². The normalized spacial score (nSPS) is 24.8. The van der Waals surface area contributed by atoms with Crippen LogP contribution in [0.25, 0.3) is 0 Å². The molecule has 1 aromatic rings. The second kappa shape index (κ2) is 9.70. The minimum absolute atomic E-state index is 0.0503. The third kappa shape index (κ3) is 5.67. The van der Waals surface area contributed by atoms with Gasteiger partial charge in [0.25, 0.3) is 0 Å². The lowest BCUT2D eigenvalue weighted by atomic mass is 9.87. The monoisotopic (exact) mass is 372 g/mol. The van der Waals surface area contributed by atoms with Crippen LogP contribution < -0.4 is 0 Å². The van der Waals surface area contributed by atoms with Crippen LogP contribution in [0.5, 0.6) is 0 Å². The van der Waals surface area contributed by atoms with Crippen LogP contribution >= 0.6 is 0 Å². The lowest BCUT2D eigenvalue weighted by molar-refractivity contribution is -0.129. The molecule has 0 spiro atoms. The first-order chi connectivity index (χ1) is 13.2. The molecule has 146 valence electrons. The van der Waals surface area contributed by atoms with Gasteiger partial charge in [-0.05, 0) is 36.7 Å². The van der Waals surface area contributed by atoms with E-state index in [1.54, 1.807) is 0 Å². The quantitative estimate of drug-likeness (QED) is 0.478. The zero-order chi connectivity index (χ0) is 19.1. The number of hydrogen-bond acceptors (Lipinski definition) is 5. The Hall–Kier alpha value is -2.14. The van der Waals surface area contributed by atoms with Crippen molar-refractivity contribution in [2.24, 2.45) is 11.8 Å². The molecule has 0 amide bonds. The molecule has 3 rings (SSSR count). The number of Topliss-reactive ketones (excluding diaryl/α,β-unsaturated/α-hetero) is 1. The van der Waals surface area contributed by atoms with Crippen molar-refractivity contribution in [3.63, 3.8) is 0 Å². The Morgan fingerprint density at radius 1 is 1.07 bits per heavy atom. The van der Waals surface area contributed by atoms with Gasteiger partial charge in [-0.3, -0.25) is 4.79 Å². The number of carbonyl (C=O) groups is 2. The topological polar surface area (TPSA) is 61.8 Å². The molecule has 3 atom stereocenters. The maximum Gasteiger partial charge on any atom is 0.508 e. The van der Waals surface area contributed by atoms with Crippen molar-refractivity contribution >= 4 is 11.9 Å². The fraction of sp³-hybridized carbons (Fsp3) is 0.545. The van der Waals surface area contributed by atoms with Crippen molar-refractivity contribution in [3.05, 3.63) is 48.6 Å². The highest BCUT2D eigenvalue weighted by Crippen LogP contribution is 2.42. The van der Waals surface area contributed by atoms with Crippen LogP contribution in [0.1, 0.15) is 43.6 Å². The molecule has 2 bridgehead atoms. The van der Waals surface area contributed by atoms with Crippen molar-refractivity contribution in [2.75, 3.05) is 19.8 Å². The smallest absolute Gasteiger partial charge is 0.433 e. The van der Waals surface area contributed by atoms with Gasteiger partial charge in [0.05, 0.1) is 12.0 Å². The number of rotatable bonds is 9. The number of fused-ring (bicyclic) bond motifs is 2. The number of hydrogen-bond donors (Lipinski definition) is 0. The molecule has 2 fully saturated rings. The van der Waals surface area contributed by atoms with E-state index in [9.17, 15) is 9.59 Å². The highest BCUT2D eigenvalue weighted by atomic mass is 16.7. The summed E-state index contributed by atoms with van der Waals surface area (Å²) in [4.78, 5) is 24.4. The predicted molar refractivity (Wildman–Crippen MR) is 101 cm³/mol. The summed E-state index contributed by atoms with van der Waals surface area (Å²) in [6.45, 7) is 3.56. The van der Waals surface area contributed by atoms with E-state index in [-0.39, 0.29) is 31.7 Å². The lowest BCUT2D eigenvalue weighted by Gasteiger charge is -2.28. The Kier molecular flexibility index (Phi) is 7.04. The Morgan fingerprint density at radius 3 is 2.44 bits per heavy atom. The van der Waals surface area contributed by atoms with Crippen LogP contribution in [0.4, 0.5) is 4.79 Å². The Labute approximate surface area is 160 Å². The van der Waals surface area contributed by atoms with Crippen LogP contribution in [0.2, 0.25) is 0 Å². The van der Waals surface area contributed by atoms with Gasteiger partial charge in [-0.15, -0.1) is 0 Å². The zero-order valence-electron chi connectivity index (χ0n) is 15.7. The van der Waals surface area contributed by atoms with Crippen LogP contribution in [0.15, 0.2) is 43.0 Å². The van der Waals surface area contributed by atoms with E-state index in [0.717, 1.165) is 30.2 Å². The van der Waals surface area contributed by atoms with E-state index in [2.05, 4.69) is 6.58 Å². The van der Waals surface area contributed by atoms with Gasteiger partial charge in [0.1, 0.15) is 19.8 Å². The number of benzene rings is 1. The molecule has 0 saturated heterocycles. The van der Waals surface area contributed by atoms with Crippen molar-refractivity contribution in [1.82, 2.24) is 0 Å². The summed E-state index contributed by atoms with van der Waals surface area (Å²) >= 11 is 0. The minimum Gasteiger partial charge on any atom is -0.433 e. The fourth-order valence-electron chi connectivity index (χ4n) is 4.26. The molecule has 1 aromatic carbocycles. The summed E-state index contributed by atoms with van der Waals surface area (Å²) in [6, 6.07) is 9.35. The van der Waals surface area contributed by atoms with E-state index in [0.29, 0.717) is 0 Å². The molecule has 0 radical (unpaired) electrons. The molecule has 2 saturated carbocycles. The second-order valence-corrected chi connectivity index (χ2v) is 7.54. The molecule has 0 heterocycles.